The highest BCUT2D eigenvalue weighted by atomic mass is 127. The SMILES string of the molecule is Cc1nn(CCCN2CCOCC2)cc1I. The molecule has 0 atom stereocenters. The number of hydrogen-bond acceptors (Lipinski definition) is 3. The van der Waals surface area contributed by atoms with Crippen molar-refractivity contribution < 1.29 is 4.74 Å². The van der Waals surface area contributed by atoms with Crippen molar-refractivity contribution in [3.05, 3.63) is 15.5 Å². The van der Waals surface area contributed by atoms with Crippen LogP contribution >= 0.6 is 22.6 Å². The van der Waals surface area contributed by atoms with Gasteiger partial charge >= 0.3 is 0 Å². The molecule has 0 spiro atoms. The maximum absolute atomic E-state index is 5.32. The van der Waals surface area contributed by atoms with E-state index < -0.39 is 0 Å². The van der Waals surface area contributed by atoms with E-state index in [1.165, 1.54) is 3.57 Å². The third-order valence-corrected chi connectivity index (χ3v) is 3.91. The minimum Gasteiger partial charge on any atom is -0.379 e. The number of rotatable bonds is 4. The summed E-state index contributed by atoms with van der Waals surface area (Å²) in [5.74, 6) is 0. The third-order valence-electron chi connectivity index (χ3n) is 2.85. The van der Waals surface area contributed by atoms with Crippen LogP contribution in [0.3, 0.4) is 0 Å². The summed E-state index contributed by atoms with van der Waals surface area (Å²) >= 11 is 2.33. The minimum atomic E-state index is 0.888. The standard InChI is InChI=1S/C11H18IN3O/c1-10-11(12)9-15(13-10)4-2-3-14-5-7-16-8-6-14/h9H,2-8H2,1H3. The topological polar surface area (TPSA) is 30.3 Å². The van der Waals surface area contributed by atoms with Gasteiger partial charge < -0.3 is 4.74 Å². The molecule has 1 saturated heterocycles. The first-order valence-electron chi connectivity index (χ1n) is 5.75. The molecule has 1 aromatic rings. The summed E-state index contributed by atoms with van der Waals surface area (Å²) in [5, 5.41) is 4.46. The summed E-state index contributed by atoms with van der Waals surface area (Å²) < 4.78 is 8.63. The predicted molar refractivity (Wildman–Crippen MR) is 71.6 cm³/mol. The van der Waals surface area contributed by atoms with Crippen LogP contribution < -0.4 is 0 Å². The quantitative estimate of drug-likeness (QED) is 0.782. The molecule has 1 aromatic heterocycles. The van der Waals surface area contributed by atoms with Gasteiger partial charge in [0.2, 0.25) is 0 Å². The van der Waals surface area contributed by atoms with Crippen molar-refractivity contribution >= 4 is 22.6 Å². The van der Waals surface area contributed by atoms with Crippen molar-refractivity contribution in [3.8, 4) is 0 Å². The molecule has 0 saturated carbocycles. The molecule has 0 aromatic carbocycles. The predicted octanol–water partition coefficient (Wildman–Crippen LogP) is 1.52. The molecule has 4 nitrogen and oxygen atoms in total. The van der Waals surface area contributed by atoms with E-state index in [0.29, 0.717) is 0 Å². The summed E-state index contributed by atoms with van der Waals surface area (Å²) in [4.78, 5) is 2.46. The first kappa shape index (κ1) is 12.3. The van der Waals surface area contributed by atoms with Crippen LogP contribution in [0.25, 0.3) is 0 Å². The average molecular weight is 335 g/mol. The van der Waals surface area contributed by atoms with Crippen LogP contribution in [0, 0.1) is 10.5 Å². The fourth-order valence-corrected chi connectivity index (χ4v) is 2.32. The van der Waals surface area contributed by atoms with Crippen LogP contribution in [0.2, 0.25) is 0 Å². The Balaban J connectivity index is 1.71. The first-order valence-corrected chi connectivity index (χ1v) is 6.83. The molecule has 2 rings (SSSR count). The van der Waals surface area contributed by atoms with Crippen LogP contribution in [0.1, 0.15) is 12.1 Å². The van der Waals surface area contributed by atoms with Gasteiger partial charge in [-0.15, -0.1) is 0 Å². The molecule has 1 fully saturated rings. The number of aryl methyl sites for hydroxylation is 2. The van der Waals surface area contributed by atoms with Gasteiger partial charge in [-0.2, -0.15) is 5.10 Å². The molecule has 90 valence electrons. The lowest BCUT2D eigenvalue weighted by Crippen LogP contribution is -2.37. The fraction of sp³-hybridized carbons (Fsp3) is 0.727. The van der Waals surface area contributed by atoms with Crippen molar-refractivity contribution in [3.63, 3.8) is 0 Å². The molecular weight excluding hydrogens is 317 g/mol. The smallest absolute Gasteiger partial charge is 0.0727 e. The Bertz CT molecular complexity index is 314. The number of aromatic nitrogens is 2. The van der Waals surface area contributed by atoms with Crippen molar-refractivity contribution in [2.24, 2.45) is 0 Å². The zero-order chi connectivity index (χ0) is 11.4. The Hall–Kier alpha value is -0.140. The van der Waals surface area contributed by atoms with Gasteiger partial charge in [-0.25, -0.2) is 0 Å². The molecule has 1 aliphatic rings. The molecule has 0 N–H and O–H groups in total. The van der Waals surface area contributed by atoms with E-state index in [2.05, 4.69) is 50.4 Å². The second-order valence-electron chi connectivity index (χ2n) is 4.13. The van der Waals surface area contributed by atoms with Crippen molar-refractivity contribution in [2.75, 3.05) is 32.8 Å². The zero-order valence-corrected chi connectivity index (χ0v) is 11.8. The zero-order valence-electron chi connectivity index (χ0n) is 9.65. The molecule has 0 bridgehead atoms. The maximum atomic E-state index is 5.32. The van der Waals surface area contributed by atoms with Gasteiger partial charge in [0.15, 0.2) is 0 Å². The van der Waals surface area contributed by atoms with Crippen molar-refractivity contribution in [1.29, 1.82) is 0 Å². The Morgan fingerprint density at radius 1 is 1.38 bits per heavy atom. The van der Waals surface area contributed by atoms with Gasteiger partial charge in [-0.05, 0) is 35.9 Å². The number of nitrogens with zero attached hydrogens (tertiary/aromatic N) is 3. The number of hydrogen-bond donors (Lipinski definition) is 0. The van der Waals surface area contributed by atoms with Crippen LogP contribution in [0.15, 0.2) is 6.20 Å². The molecule has 0 radical (unpaired) electrons. The van der Waals surface area contributed by atoms with Crippen LogP contribution in [-0.2, 0) is 11.3 Å². The van der Waals surface area contributed by atoms with E-state index >= 15 is 0 Å². The Morgan fingerprint density at radius 2 is 2.12 bits per heavy atom. The van der Waals surface area contributed by atoms with Gasteiger partial charge in [0, 0.05) is 32.4 Å². The van der Waals surface area contributed by atoms with E-state index in [4.69, 9.17) is 4.74 Å². The van der Waals surface area contributed by atoms with Gasteiger partial charge in [-0.3, -0.25) is 9.58 Å². The van der Waals surface area contributed by atoms with Gasteiger partial charge in [0.1, 0.15) is 0 Å². The largest absolute Gasteiger partial charge is 0.379 e. The van der Waals surface area contributed by atoms with Crippen molar-refractivity contribution in [1.82, 2.24) is 14.7 Å². The van der Waals surface area contributed by atoms with Gasteiger partial charge in [-0.1, -0.05) is 0 Å². The molecule has 0 aliphatic carbocycles. The lowest BCUT2D eigenvalue weighted by molar-refractivity contribution is 0.0368. The highest BCUT2D eigenvalue weighted by Gasteiger charge is 2.09. The Kier molecular flexibility index (Phi) is 4.60. The number of morpholine rings is 1. The summed E-state index contributed by atoms with van der Waals surface area (Å²) in [7, 11) is 0. The molecule has 2 heterocycles. The monoisotopic (exact) mass is 335 g/mol. The van der Waals surface area contributed by atoms with E-state index in [1.807, 2.05) is 0 Å². The van der Waals surface area contributed by atoms with Gasteiger partial charge in [0.05, 0.1) is 22.5 Å². The van der Waals surface area contributed by atoms with Crippen molar-refractivity contribution in [2.45, 2.75) is 19.9 Å². The number of halogens is 1. The summed E-state index contributed by atoms with van der Waals surface area (Å²) in [6, 6.07) is 0. The highest BCUT2D eigenvalue weighted by Crippen LogP contribution is 2.08. The normalized spacial score (nSPS) is 17.9. The lowest BCUT2D eigenvalue weighted by atomic mass is 10.3. The van der Waals surface area contributed by atoms with Gasteiger partial charge in [0.25, 0.3) is 0 Å². The second-order valence-corrected chi connectivity index (χ2v) is 5.30. The molecule has 5 heteroatoms. The second kappa shape index (κ2) is 5.97. The third kappa shape index (κ3) is 3.43. The molecule has 16 heavy (non-hydrogen) atoms. The fourth-order valence-electron chi connectivity index (χ4n) is 1.89. The lowest BCUT2D eigenvalue weighted by Gasteiger charge is -2.26. The molecule has 1 aliphatic heterocycles. The highest BCUT2D eigenvalue weighted by molar-refractivity contribution is 14.1. The van der Waals surface area contributed by atoms with E-state index in [-0.39, 0.29) is 0 Å². The maximum Gasteiger partial charge on any atom is 0.0727 e. The summed E-state index contributed by atoms with van der Waals surface area (Å²) in [6.45, 7) is 8.16. The first-order chi connectivity index (χ1) is 7.75. The van der Waals surface area contributed by atoms with Crippen LogP contribution in [0.4, 0.5) is 0 Å². The molecule has 0 unspecified atom stereocenters. The molecule has 0 amide bonds. The Morgan fingerprint density at radius 3 is 2.75 bits per heavy atom. The minimum absolute atomic E-state index is 0.888. The summed E-state index contributed by atoms with van der Waals surface area (Å²) in [6.07, 6.45) is 3.28. The van der Waals surface area contributed by atoms with Crippen LogP contribution in [0.5, 0.6) is 0 Å². The summed E-state index contributed by atoms with van der Waals surface area (Å²) in [5.41, 5.74) is 1.13. The van der Waals surface area contributed by atoms with Crippen LogP contribution in [-0.4, -0.2) is 47.5 Å². The van der Waals surface area contributed by atoms with E-state index in [9.17, 15) is 0 Å². The van der Waals surface area contributed by atoms with E-state index in [1.54, 1.807) is 0 Å². The van der Waals surface area contributed by atoms with E-state index in [0.717, 1.165) is 51.5 Å². The molecular formula is C11H18IN3O. The Labute approximate surface area is 110 Å². The number of ether oxygens (including phenoxy) is 1. The average Bonchev–Trinajstić information content (AvgIpc) is 2.60.